The average molecular weight is 233 g/mol. The van der Waals surface area contributed by atoms with E-state index in [1.54, 1.807) is 0 Å². The molecule has 0 amide bonds. The standard InChI is InChI=1S/C15H23NO/c1-12-2-4-13(5-3-12)10-16-15-8-6-14(11-17)7-9-15/h6-9,12-13,16-17H,2-5,10-11H2,1H3. The maximum absolute atomic E-state index is 8.97. The fourth-order valence-corrected chi connectivity index (χ4v) is 2.52. The predicted molar refractivity (Wildman–Crippen MR) is 72.0 cm³/mol. The number of benzene rings is 1. The van der Waals surface area contributed by atoms with Gasteiger partial charge in [-0.15, -0.1) is 0 Å². The summed E-state index contributed by atoms with van der Waals surface area (Å²) in [6, 6.07) is 8.06. The molecule has 1 aromatic rings. The van der Waals surface area contributed by atoms with Crippen molar-refractivity contribution < 1.29 is 5.11 Å². The maximum atomic E-state index is 8.97. The summed E-state index contributed by atoms with van der Waals surface area (Å²) in [4.78, 5) is 0. The third-order valence-electron chi connectivity index (χ3n) is 3.87. The summed E-state index contributed by atoms with van der Waals surface area (Å²) >= 11 is 0. The number of hydrogen-bond acceptors (Lipinski definition) is 2. The van der Waals surface area contributed by atoms with Crippen LogP contribution < -0.4 is 5.32 Å². The van der Waals surface area contributed by atoms with Crippen molar-refractivity contribution in [1.29, 1.82) is 0 Å². The fourth-order valence-electron chi connectivity index (χ4n) is 2.52. The average Bonchev–Trinajstić information content (AvgIpc) is 2.39. The number of anilines is 1. The molecule has 0 aromatic heterocycles. The summed E-state index contributed by atoms with van der Waals surface area (Å²) in [6.45, 7) is 3.57. The molecule has 1 fully saturated rings. The van der Waals surface area contributed by atoms with Gasteiger partial charge in [0.1, 0.15) is 0 Å². The second-order valence-corrected chi connectivity index (χ2v) is 5.36. The third-order valence-corrected chi connectivity index (χ3v) is 3.87. The fraction of sp³-hybridized carbons (Fsp3) is 0.600. The topological polar surface area (TPSA) is 32.3 Å². The van der Waals surface area contributed by atoms with Crippen LogP contribution in [0.25, 0.3) is 0 Å². The first-order valence-corrected chi connectivity index (χ1v) is 6.71. The molecular weight excluding hydrogens is 210 g/mol. The molecule has 0 unspecified atom stereocenters. The van der Waals surface area contributed by atoms with E-state index < -0.39 is 0 Å². The molecule has 0 atom stereocenters. The lowest BCUT2D eigenvalue weighted by Crippen LogP contribution is -2.20. The van der Waals surface area contributed by atoms with E-state index in [9.17, 15) is 0 Å². The van der Waals surface area contributed by atoms with Gasteiger partial charge in [-0.1, -0.05) is 31.9 Å². The first-order valence-electron chi connectivity index (χ1n) is 6.71. The Morgan fingerprint density at radius 1 is 1.12 bits per heavy atom. The molecule has 0 saturated heterocycles. The minimum absolute atomic E-state index is 0.126. The third kappa shape index (κ3) is 3.74. The van der Waals surface area contributed by atoms with Crippen molar-refractivity contribution in [3.05, 3.63) is 29.8 Å². The summed E-state index contributed by atoms with van der Waals surface area (Å²) < 4.78 is 0. The van der Waals surface area contributed by atoms with Gasteiger partial charge in [0.2, 0.25) is 0 Å². The van der Waals surface area contributed by atoms with Crippen molar-refractivity contribution in [3.63, 3.8) is 0 Å². The predicted octanol–water partition coefficient (Wildman–Crippen LogP) is 3.42. The van der Waals surface area contributed by atoms with Gasteiger partial charge in [0.15, 0.2) is 0 Å². The lowest BCUT2D eigenvalue weighted by atomic mass is 9.83. The Balaban J connectivity index is 1.77. The van der Waals surface area contributed by atoms with Gasteiger partial charge in [-0.25, -0.2) is 0 Å². The lowest BCUT2D eigenvalue weighted by Gasteiger charge is -2.26. The van der Waals surface area contributed by atoms with E-state index in [4.69, 9.17) is 5.11 Å². The van der Waals surface area contributed by atoms with Gasteiger partial charge in [0.25, 0.3) is 0 Å². The van der Waals surface area contributed by atoms with Crippen molar-refractivity contribution in [2.45, 2.75) is 39.2 Å². The Labute approximate surface area is 104 Å². The first-order chi connectivity index (χ1) is 8.28. The van der Waals surface area contributed by atoms with Gasteiger partial charge in [-0.2, -0.15) is 0 Å². The summed E-state index contributed by atoms with van der Waals surface area (Å²) in [7, 11) is 0. The molecule has 1 aromatic carbocycles. The number of hydrogen-bond donors (Lipinski definition) is 2. The maximum Gasteiger partial charge on any atom is 0.0681 e. The van der Waals surface area contributed by atoms with E-state index in [1.807, 2.05) is 12.1 Å². The van der Waals surface area contributed by atoms with Crippen molar-refractivity contribution in [3.8, 4) is 0 Å². The summed E-state index contributed by atoms with van der Waals surface area (Å²) in [5, 5.41) is 12.5. The van der Waals surface area contributed by atoms with Gasteiger partial charge in [0.05, 0.1) is 6.61 Å². The highest BCUT2D eigenvalue weighted by Gasteiger charge is 2.17. The lowest BCUT2D eigenvalue weighted by molar-refractivity contribution is 0.282. The quantitative estimate of drug-likeness (QED) is 0.835. The van der Waals surface area contributed by atoms with Crippen LogP contribution in [-0.4, -0.2) is 11.7 Å². The van der Waals surface area contributed by atoms with Crippen molar-refractivity contribution in [2.75, 3.05) is 11.9 Å². The van der Waals surface area contributed by atoms with E-state index in [1.165, 1.54) is 31.4 Å². The molecule has 1 aliphatic rings. The molecule has 0 bridgehead atoms. The summed E-state index contributed by atoms with van der Waals surface area (Å²) in [6.07, 6.45) is 5.50. The summed E-state index contributed by atoms with van der Waals surface area (Å²) in [5.41, 5.74) is 2.14. The highest BCUT2D eigenvalue weighted by molar-refractivity contribution is 5.44. The molecule has 2 heteroatoms. The molecule has 0 aliphatic heterocycles. The molecule has 94 valence electrons. The Hall–Kier alpha value is -1.02. The molecule has 2 nitrogen and oxygen atoms in total. The normalized spacial score (nSPS) is 24.6. The second kappa shape index (κ2) is 6.06. The molecule has 0 spiro atoms. The number of aliphatic hydroxyl groups is 1. The second-order valence-electron chi connectivity index (χ2n) is 5.36. The molecular formula is C15H23NO. The number of nitrogens with one attached hydrogen (secondary N) is 1. The van der Waals surface area contributed by atoms with Crippen LogP contribution in [0.3, 0.4) is 0 Å². The number of aliphatic hydroxyl groups excluding tert-OH is 1. The van der Waals surface area contributed by atoms with Crippen LogP contribution in [0.2, 0.25) is 0 Å². The largest absolute Gasteiger partial charge is 0.392 e. The highest BCUT2D eigenvalue weighted by atomic mass is 16.3. The molecule has 0 radical (unpaired) electrons. The monoisotopic (exact) mass is 233 g/mol. The van der Waals surface area contributed by atoms with Crippen LogP contribution >= 0.6 is 0 Å². The zero-order valence-electron chi connectivity index (χ0n) is 10.7. The Morgan fingerprint density at radius 2 is 1.76 bits per heavy atom. The first kappa shape index (κ1) is 12.4. The van der Waals surface area contributed by atoms with Crippen LogP contribution in [0, 0.1) is 11.8 Å². The van der Waals surface area contributed by atoms with Crippen LogP contribution in [0.1, 0.15) is 38.2 Å². The van der Waals surface area contributed by atoms with Gasteiger partial charge in [-0.3, -0.25) is 0 Å². The van der Waals surface area contributed by atoms with Crippen molar-refractivity contribution in [1.82, 2.24) is 0 Å². The molecule has 1 aliphatic carbocycles. The van der Waals surface area contributed by atoms with Gasteiger partial charge in [-0.05, 0) is 42.4 Å². The van der Waals surface area contributed by atoms with Crippen molar-refractivity contribution >= 4 is 5.69 Å². The molecule has 1 saturated carbocycles. The van der Waals surface area contributed by atoms with Gasteiger partial charge < -0.3 is 10.4 Å². The Bertz CT molecular complexity index is 325. The van der Waals surface area contributed by atoms with Crippen LogP contribution in [0.15, 0.2) is 24.3 Å². The van der Waals surface area contributed by atoms with E-state index in [-0.39, 0.29) is 6.61 Å². The minimum Gasteiger partial charge on any atom is -0.392 e. The van der Waals surface area contributed by atoms with Crippen LogP contribution in [-0.2, 0) is 6.61 Å². The Morgan fingerprint density at radius 3 is 2.35 bits per heavy atom. The van der Waals surface area contributed by atoms with Gasteiger partial charge in [0, 0.05) is 12.2 Å². The SMILES string of the molecule is CC1CCC(CNc2ccc(CO)cc2)CC1. The van der Waals surface area contributed by atoms with E-state index in [2.05, 4.69) is 24.4 Å². The van der Waals surface area contributed by atoms with E-state index in [0.717, 1.165) is 23.9 Å². The molecule has 17 heavy (non-hydrogen) atoms. The molecule has 0 heterocycles. The summed E-state index contributed by atoms with van der Waals surface area (Å²) in [5.74, 6) is 1.76. The zero-order chi connectivity index (χ0) is 12.1. The highest BCUT2D eigenvalue weighted by Crippen LogP contribution is 2.28. The van der Waals surface area contributed by atoms with Crippen LogP contribution in [0.5, 0.6) is 0 Å². The van der Waals surface area contributed by atoms with E-state index >= 15 is 0 Å². The smallest absolute Gasteiger partial charge is 0.0681 e. The number of rotatable bonds is 4. The Kier molecular flexibility index (Phi) is 4.43. The van der Waals surface area contributed by atoms with Crippen molar-refractivity contribution in [2.24, 2.45) is 11.8 Å². The zero-order valence-corrected chi connectivity index (χ0v) is 10.7. The minimum atomic E-state index is 0.126. The van der Waals surface area contributed by atoms with E-state index in [0.29, 0.717) is 0 Å². The molecule has 2 N–H and O–H groups in total. The van der Waals surface area contributed by atoms with Crippen LogP contribution in [0.4, 0.5) is 5.69 Å². The molecule has 2 rings (SSSR count). The van der Waals surface area contributed by atoms with Gasteiger partial charge >= 0.3 is 0 Å².